The van der Waals surface area contributed by atoms with E-state index in [9.17, 15) is 22.8 Å². The highest BCUT2D eigenvalue weighted by Crippen LogP contribution is 2.37. The van der Waals surface area contributed by atoms with Crippen LogP contribution in [0.15, 0.2) is 46.9 Å². The Morgan fingerprint density at radius 3 is 2.35 bits per heavy atom. The van der Waals surface area contributed by atoms with Crippen LogP contribution in [0.4, 0.5) is 30.6 Å². The van der Waals surface area contributed by atoms with E-state index < -0.39 is 35.1 Å². The van der Waals surface area contributed by atoms with Gasteiger partial charge in [-0.1, -0.05) is 17.2 Å². The van der Waals surface area contributed by atoms with Crippen LogP contribution in [0.25, 0.3) is 0 Å². The molecule has 1 heterocycles. The molecule has 4 rings (SSSR count). The van der Waals surface area contributed by atoms with Crippen molar-refractivity contribution in [2.75, 3.05) is 10.6 Å². The van der Waals surface area contributed by atoms with Gasteiger partial charge < -0.3 is 20.2 Å². The van der Waals surface area contributed by atoms with Gasteiger partial charge in [-0.25, -0.2) is 0 Å². The number of carbonyl (C=O) groups is 2. The van der Waals surface area contributed by atoms with E-state index in [1.807, 2.05) is 12.1 Å². The van der Waals surface area contributed by atoms with Crippen molar-refractivity contribution in [3.8, 4) is 6.07 Å². The van der Waals surface area contributed by atoms with Crippen molar-refractivity contribution >= 4 is 29.3 Å². The molecule has 1 saturated carbocycles. The highest BCUT2D eigenvalue weighted by atomic mass is 19.4. The van der Waals surface area contributed by atoms with E-state index in [1.54, 1.807) is 12.1 Å². The molecule has 0 saturated heterocycles. The smallest absolute Gasteiger partial charge is 0.417 e. The van der Waals surface area contributed by atoms with Gasteiger partial charge in [-0.3, -0.25) is 9.59 Å². The summed E-state index contributed by atoms with van der Waals surface area (Å²) >= 11 is 0. The summed E-state index contributed by atoms with van der Waals surface area (Å²) in [6.45, 7) is 0. The van der Waals surface area contributed by atoms with Crippen LogP contribution in [0.5, 0.6) is 0 Å². The lowest BCUT2D eigenvalue weighted by atomic mass is 9.77. The fourth-order valence-electron chi connectivity index (χ4n) is 4.41. The van der Waals surface area contributed by atoms with Crippen molar-refractivity contribution in [1.29, 1.82) is 5.26 Å². The fourth-order valence-corrected chi connectivity index (χ4v) is 4.41. The van der Waals surface area contributed by atoms with Crippen LogP contribution in [0, 0.1) is 17.2 Å². The van der Waals surface area contributed by atoms with Crippen molar-refractivity contribution in [3.05, 3.63) is 65.0 Å². The molecule has 1 aliphatic carbocycles. The predicted molar refractivity (Wildman–Crippen MR) is 125 cm³/mol. The van der Waals surface area contributed by atoms with Crippen LogP contribution < -0.4 is 10.6 Å². The zero-order chi connectivity index (χ0) is 26.6. The lowest BCUT2D eigenvalue weighted by Crippen LogP contribution is -2.16. The number of hydrogen-bond donors (Lipinski definition) is 3. The van der Waals surface area contributed by atoms with Crippen LogP contribution in [0.2, 0.25) is 0 Å². The minimum atomic E-state index is -4.72. The number of carbonyl (C=O) groups excluding carboxylic acids is 1. The summed E-state index contributed by atoms with van der Waals surface area (Å²) < 4.78 is 44.7. The van der Waals surface area contributed by atoms with Crippen LogP contribution in [-0.4, -0.2) is 27.2 Å². The summed E-state index contributed by atoms with van der Waals surface area (Å²) in [5.41, 5.74) is -0.0936. The summed E-state index contributed by atoms with van der Waals surface area (Å²) in [6, 6.07) is 11.5. The Morgan fingerprint density at radius 1 is 1.05 bits per heavy atom. The first kappa shape index (κ1) is 25.7. The molecule has 1 aromatic heterocycles. The molecule has 12 heteroatoms. The Bertz CT molecular complexity index is 1320. The first-order valence-electron chi connectivity index (χ1n) is 11.5. The molecule has 0 unspecified atom stereocenters. The largest absolute Gasteiger partial charge is 0.481 e. The molecule has 37 heavy (non-hydrogen) atoms. The molecule has 0 atom stereocenters. The van der Waals surface area contributed by atoms with Crippen molar-refractivity contribution in [3.63, 3.8) is 0 Å². The molecule has 0 aliphatic heterocycles. The van der Waals surface area contributed by atoms with E-state index >= 15 is 0 Å². The van der Waals surface area contributed by atoms with Gasteiger partial charge in [0.05, 0.1) is 17.2 Å². The molecule has 9 nitrogen and oxygen atoms in total. The van der Waals surface area contributed by atoms with Crippen molar-refractivity contribution < 1.29 is 32.3 Å². The third kappa shape index (κ3) is 6.43. The number of benzene rings is 2. The second kappa shape index (κ2) is 10.7. The van der Waals surface area contributed by atoms with Gasteiger partial charge in [-0.05, 0) is 73.4 Å². The molecule has 1 aliphatic rings. The third-order valence-electron chi connectivity index (χ3n) is 6.27. The lowest BCUT2D eigenvalue weighted by Gasteiger charge is -2.28. The molecule has 0 bridgehead atoms. The summed E-state index contributed by atoms with van der Waals surface area (Å²) in [5, 5.41) is 30.2. The standard InChI is InChI=1S/C25H22F3N5O4/c26-25(27,28)20-12-19(10-7-17(20)13-29)31-24-33-32-23(37-24)22(36)30-18-8-5-16(6-9-18)15-3-1-14(2-4-15)11-21(34)35/h5-10,12,14-15H,1-4,11H2,(H,30,36)(H,31,33)(H,34,35). The van der Waals surface area contributed by atoms with Gasteiger partial charge in [0.25, 0.3) is 0 Å². The van der Waals surface area contributed by atoms with Crippen molar-refractivity contribution in [2.45, 2.75) is 44.2 Å². The molecule has 0 spiro atoms. The first-order chi connectivity index (χ1) is 17.6. The molecule has 1 amide bonds. The molecule has 0 radical (unpaired) electrons. The molecule has 1 fully saturated rings. The molecular weight excluding hydrogens is 491 g/mol. The Balaban J connectivity index is 1.35. The van der Waals surface area contributed by atoms with E-state index in [-0.39, 0.29) is 24.0 Å². The number of aromatic nitrogens is 2. The number of halogens is 3. The minimum Gasteiger partial charge on any atom is -0.481 e. The van der Waals surface area contributed by atoms with Crippen LogP contribution in [0.3, 0.4) is 0 Å². The highest BCUT2D eigenvalue weighted by Gasteiger charge is 2.34. The number of rotatable bonds is 7. The Hall–Kier alpha value is -4.40. The van der Waals surface area contributed by atoms with Crippen molar-refractivity contribution in [2.24, 2.45) is 5.92 Å². The quantitative estimate of drug-likeness (QED) is 0.365. The fraction of sp³-hybridized carbons (Fsp3) is 0.320. The van der Waals surface area contributed by atoms with Gasteiger partial charge in [0, 0.05) is 17.8 Å². The molecule has 2 aromatic carbocycles. The summed E-state index contributed by atoms with van der Waals surface area (Å²) in [6.07, 6.45) is -0.979. The number of alkyl halides is 3. The lowest BCUT2D eigenvalue weighted by molar-refractivity contribution is -0.139. The van der Waals surface area contributed by atoms with E-state index in [0.29, 0.717) is 11.6 Å². The number of amides is 1. The van der Waals surface area contributed by atoms with Gasteiger partial charge in [-0.15, -0.1) is 5.10 Å². The minimum absolute atomic E-state index is 0.0467. The molecule has 3 aromatic rings. The Kier molecular flexibility index (Phi) is 7.42. The summed E-state index contributed by atoms with van der Waals surface area (Å²) in [4.78, 5) is 23.4. The number of nitriles is 1. The predicted octanol–water partition coefficient (Wildman–Crippen LogP) is 5.70. The summed E-state index contributed by atoms with van der Waals surface area (Å²) in [7, 11) is 0. The molecular formula is C25H22F3N5O4. The van der Waals surface area contributed by atoms with E-state index in [4.69, 9.17) is 14.8 Å². The number of nitrogens with one attached hydrogen (secondary N) is 2. The number of nitrogens with zero attached hydrogens (tertiary/aromatic N) is 3. The van der Waals surface area contributed by atoms with E-state index in [1.165, 1.54) is 12.1 Å². The second-order valence-electron chi connectivity index (χ2n) is 8.80. The molecule has 192 valence electrons. The van der Waals surface area contributed by atoms with E-state index in [0.717, 1.165) is 43.4 Å². The molecule has 3 N–H and O–H groups in total. The number of carboxylic acids is 1. The maximum atomic E-state index is 13.2. The van der Waals surface area contributed by atoms with Gasteiger partial charge in [0.1, 0.15) is 0 Å². The number of hydrogen-bond acceptors (Lipinski definition) is 7. The first-order valence-corrected chi connectivity index (χ1v) is 11.5. The monoisotopic (exact) mass is 513 g/mol. The van der Waals surface area contributed by atoms with Gasteiger partial charge in [0.15, 0.2) is 0 Å². The topological polar surface area (TPSA) is 141 Å². The Morgan fingerprint density at radius 2 is 1.73 bits per heavy atom. The Labute approximate surface area is 209 Å². The van der Waals surface area contributed by atoms with Crippen LogP contribution >= 0.6 is 0 Å². The maximum Gasteiger partial charge on any atom is 0.417 e. The zero-order valence-electron chi connectivity index (χ0n) is 19.4. The average Bonchev–Trinajstić information content (AvgIpc) is 3.33. The highest BCUT2D eigenvalue weighted by molar-refractivity contribution is 6.00. The second-order valence-corrected chi connectivity index (χ2v) is 8.80. The van der Waals surface area contributed by atoms with E-state index in [2.05, 4.69) is 20.8 Å². The third-order valence-corrected chi connectivity index (χ3v) is 6.27. The number of anilines is 3. The van der Waals surface area contributed by atoms with Gasteiger partial charge in [0.2, 0.25) is 0 Å². The van der Waals surface area contributed by atoms with Gasteiger partial charge >= 0.3 is 30.0 Å². The van der Waals surface area contributed by atoms with Crippen LogP contribution in [-0.2, 0) is 11.0 Å². The van der Waals surface area contributed by atoms with Crippen LogP contribution in [0.1, 0.15) is 65.4 Å². The zero-order valence-corrected chi connectivity index (χ0v) is 19.4. The number of aliphatic carboxylic acids is 1. The maximum absolute atomic E-state index is 13.2. The van der Waals surface area contributed by atoms with Crippen molar-refractivity contribution in [1.82, 2.24) is 10.2 Å². The SMILES string of the molecule is N#Cc1ccc(Nc2nnc(C(=O)Nc3ccc(C4CCC(CC(=O)O)CC4)cc3)o2)cc1C(F)(F)F. The summed E-state index contributed by atoms with van der Waals surface area (Å²) in [5.74, 6) is -1.31. The van der Waals surface area contributed by atoms with Gasteiger partial charge in [-0.2, -0.15) is 18.4 Å². The number of carboxylic acid groups (broad SMARTS) is 1. The normalized spacial score (nSPS) is 17.6. The average molecular weight is 513 g/mol.